The molecule has 0 saturated carbocycles. The fraction of sp³-hybridized carbons (Fsp3) is 0.235. The van der Waals surface area contributed by atoms with Gasteiger partial charge in [-0.1, -0.05) is 30.3 Å². The molecule has 0 aliphatic rings. The average molecular weight is 265 g/mol. The lowest BCUT2D eigenvalue weighted by Crippen LogP contribution is -2.10. The summed E-state index contributed by atoms with van der Waals surface area (Å²) in [5.41, 5.74) is 11.9. The molecule has 0 radical (unpaired) electrons. The average Bonchev–Trinajstić information content (AvgIpc) is 2.75. The van der Waals surface area contributed by atoms with Gasteiger partial charge in [-0.25, -0.2) is 4.98 Å². The highest BCUT2D eigenvalue weighted by atomic mass is 15.2. The van der Waals surface area contributed by atoms with Crippen molar-refractivity contribution < 1.29 is 0 Å². The fourth-order valence-corrected chi connectivity index (χ4v) is 2.66. The van der Waals surface area contributed by atoms with Crippen LogP contribution in [0.3, 0.4) is 0 Å². The molecule has 0 spiro atoms. The Balaban J connectivity index is 2.21. The van der Waals surface area contributed by atoms with Crippen LogP contribution >= 0.6 is 0 Å². The predicted octanol–water partition coefficient (Wildman–Crippen LogP) is 3.84. The van der Waals surface area contributed by atoms with Gasteiger partial charge < -0.3 is 10.3 Å². The van der Waals surface area contributed by atoms with Crippen LogP contribution in [0.2, 0.25) is 0 Å². The molecule has 1 heterocycles. The second-order valence-corrected chi connectivity index (χ2v) is 5.35. The van der Waals surface area contributed by atoms with E-state index in [0.29, 0.717) is 5.95 Å². The summed E-state index contributed by atoms with van der Waals surface area (Å²) in [5.74, 6) is 0.571. The Morgan fingerprint density at radius 2 is 1.70 bits per heavy atom. The minimum absolute atomic E-state index is 0.170. The Labute approximate surface area is 119 Å². The molecule has 102 valence electrons. The lowest BCUT2D eigenvalue weighted by atomic mass is 10.1. The predicted molar refractivity (Wildman–Crippen MR) is 83.9 cm³/mol. The van der Waals surface area contributed by atoms with Crippen molar-refractivity contribution in [2.75, 3.05) is 5.73 Å². The molecular formula is C17H19N3. The number of aromatic nitrogens is 2. The molecule has 0 amide bonds. The van der Waals surface area contributed by atoms with Gasteiger partial charge in [0.25, 0.3) is 0 Å². The van der Waals surface area contributed by atoms with Crippen molar-refractivity contribution in [3.8, 4) is 0 Å². The van der Waals surface area contributed by atoms with E-state index in [4.69, 9.17) is 5.73 Å². The zero-order valence-electron chi connectivity index (χ0n) is 12.1. The van der Waals surface area contributed by atoms with Gasteiger partial charge in [0.15, 0.2) is 0 Å². The van der Waals surface area contributed by atoms with Crippen molar-refractivity contribution in [3.05, 3.63) is 59.2 Å². The van der Waals surface area contributed by atoms with Crippen LogP contribution < -0.4 is 5.73 Å². The highest BCUT2D eigenvalue weighted by molar-refractivity contribution is 5.80. The third-order valence-corrected chi connectivity index (χ3v) is 4.00. The third-order valence-electron chi connectivity index (χ3n) is 4.00. The van der Waals surface area contributed by atoms with Crippen molar-refractivity contribution in [2.45, 2.75) is 26.8 Å². The molecule has 2 N–H and O–H groups in total. The first-order valence-electron chi connectivity index (χ1n) is 6.87. The molecule has 0 aliphatic carbocycles. The van der Waals surface area contributed by atoms with Gasteiger partial charge in [-0.05, 0) is 49.6 Å². The highest BCUT2D eigenvalue weighted by Crippen LogP contribution is 2.28. The summed E-state index contributed by atoms with van der Waals surface area (Å²) in [5, 5.41) is 0. The number of imidazole rings is 1. The maximum Gasteiger partial charge on any atom is 0.201 e. The van der Waals surface area contributed by atoms with E-state index in [1.54, 1.807) is 0 Å². The first kappa shape index (κ1) is 12.7. The summed E-state index contributed by atoms with van der Waals surface area (Å²) in [6.45, 7) is 6.38. The van der Waals surface area contributed by atoms with Crippen LogP contribution in [0.15, 0.2) is 42.5 Å². The Bertz CT molecular complexity index is 757. The smallest absolute Gasteiger partial charge is 0.201 e. The molecule has 20 heavy (non-hydrogen) atoms. The van der Waals surface area contributed by atoms with Crippen LogP contribution in [0, 0.1) is 13.8 Å². The standard InChI is InChI=1S/C17H19N3/c1-11-9-15-16(10-12(11)2)20(17(18)19-15)13(3)14-7-5-4-6-8-14/h4-10,13H,1-3H3,(H2,18,19). The molecule has 1 unspecified atom stereocenters. The van der Waals surface area contributed by atoms with E-state index in [1.807, 2.05) is 6.07 Å². The first-order valence-corrected chi connectivity index (χ1v) is 6.87. The number of anilines is 1. The van der Waals surface area contributed by atoms with Crippen LogP contribution in [0.5, 0.6) is 0 Å². The molecule has 1 aromatic heterocycles. The molecule has 0 fully saturated rings. The minimum Gasteiger partial charge on any atom is -0.369 e. The van der Waals surface area contributed by atoms with Gasteiger partial charge >= 0.3 is 0 Å². The zero-order chi connectivity index (χ0) is 14.3. The number of benzene rings is 2. The van der Waals surface area contributed by atoms with Crippen LogP contribution in [-0.2, 0) is 0 Å². The summed E-state index contributed by atoms with van der Waals surface area (Å²) in [6, 6.07) is 14.8. The summed E-state index contributed by atoms with van der Waals surface area (Å²) in [7, 11) is 0. The largest absolute Gasteiger partial charge is 0.369 e. The molecule has 1 atom stereocenters. The van der Waals surface area contributed by atoms with E-state index in [9.17, 15) is 0 Å². The van der Waals surface area contributed by atoms with Crippen molar-refractivity contribution in [2.24, 2.45) is 0 Å². The Kier molecular flexibility index (Phi) is 2.97. The molecule has 0 saturated heterocycles. The number of aryl methyl sites for hydroxylation is 2. The second kappa shape index (κ2) is 4.67. The number of hydrogen-bond donors (Lipinski definition) is 1. The molecule has 3 nitrogen and oxygen atoms in total. The van der Waals surface area contributed by atoms with Crippen molar-refractivity contribution in [1.29, 1.82) is 0 Å². The summed E-state index contributed by atoms with van der Waals surface area (Å²) < 4.78 is 2.11. The summed E-state index contributed by atoms with van der Waals surface area (Å²) in [6.07, 6.45) is 0. The van der Waals surface area contributed by atoms with Gasteiger partial charge in [0, 0.05) is 0 Å². The van der Waals surface area contributed by atoms with Crippen LogP contribution in [-0.4, -0.2) is 9.55 Å². The molecule has 2 aromatic carbocycles. The molecule has 3 heteroatoms. The normalized spacial score (nSPS) is 12.8. The maximum atomic E-state index is 6.14. The Morgan fingerprint density at radius 1 is 1.05 bits per heavy atom. The van der Waals surface area contributed by atoms with Gasteiger partial charge in [-0.15, -0.1) is 0 Å². The number of rotatable bonds is 2. The SMILES string of the molecule is Cc1cc2nc(N)n(C(C)c3ccccc3)c2cc1C. The highest BCUT2D eigenvalue weighted by Gasteiger charge is 2.16. The minimum atomic E-state index is 0.170. The van der Waals surface area contributed by atoms with Crippen molar-refractivity contribution in [1.82, 2.24) is 9.55 Å². The van der Waals surface area contributed by atoms with Gasteiger partial charge in [0.05, 0.1) is 17.1 Å². The number of hydrogen-bond acceptors (Lipinski definition) is 2. The zero-order valence-corrected chi connectivity index (χ0v) is 12.1. The lowest BCUT2D eigenvalue weighted by Gasteiger charge is -2.16. The van der Waals surface area contributed by atoms with Crippen molar-refractivity contribution >= 4 is 17.0 Å². The topological polar surface area (TPSA) is 43.8 Å². The number of nitrogen functional groups attached to an aromatic ring is 1. The summed E-state index contributed by atoms with van der Waals surface area (Å²) in [4.78, 5) is 4.50. The molecule has 3 rings (SSSR count). The van der Waals surface area contributed by atoms with Gasteiger partial charge in [0.2, 0.25) is 5.95 Å². The molecule has 0 aliphatic heterocycles. The second-order valence-electron chi connectivity index (χ2n) is 5.35. The quantitative estimate of drug-likeness (QED) is 0.765. The van der Waals surface area contributed by atoms with E-state index in [-0.39, 0.29) is 6.04 Å². The number of nitrogens with two attached hydrogens (primary N) is 1. The Morgan fingerprint density at radius 3 is 2.40 bits per heavy atom. The number of nitrogens with zero attached hydrogens (tertiary/aromatic N) is 2. The lowest BCUT2D eigenvalue weighted by molar-refractivity contribution is 0.667. The number of fused-ring (bicyclic) bond motifs is 1. The maximum absolute atomic E-state index is 6.14. The van der Waals surface area contributed by atoms with E-state index in [1.165, 1.54) is 16.7 Å². The third kappa shape index (κ3) is 1.95. The van der Waals surface area contributed by atoms with Crippen LogP contribution in [0.4, 0.5) is 5.95 Å². The van der Waals surface area contributed by atoms with Crippen molar-refractivity contribution in [3.63, 3.8) is 0 Å². The van der Waals surface area contributed by atoms with E-state index in [2.05, 4.69) is 66.7 Å². The van der Waals surface area contributed by atoms with E-state index >= 15 is 0 Å². The monoisotopic (exact) mass is 265 g/mol. The van der Waals surface area contributed by atoms with Gasteiger partial charge in [-0.2, -0.15) is 0 Å². The first-order chi connectivity index (χ1) is 9.58. The van der Waals surface area contributed by atoms with Gasteiger partial charge in [0.1, 0.15) is 0 Å². The molecule has 3 aromatic rings. The molecule has 0 bridgehead atoms. The summed E-state index contributed by atoms with van der Waals surface area (Å²) >= 11 is 0. The van der Waals surface area contributed by atoms with Crippen LogP contribution in [0.1, 0.15) is 29.7 Å². The van der Waals surface area contributed by atoms with Crippen LogP contribution in [0.25, 0.3) is 11.0 Å². The fourth-order valence-electron chi connectivity index (χ4n) is 2.66. The van der Waals surface area contributed by atoms with E-state index < -0.39 is 0 Å². The van der Waals surface area contributed by atoms with E-state index in [0.717, 1.165) is 11.0 Å². The van der Waals surface area contributed by atoms with Gasteiger partial charge in [-0.3, -0.25) is 0 Å². The Hall–Kier alpha value is -2.29. The molecular weight excluding hydrogens is 246 g/mol.